The number of aryl methyl sites for hydroxylation is 2. The van der Waals surface area contributed by atoms with Crippen molar-refractivity contribution in [1.29, 1.82) is 0 Å². The number of aromatic nitrogens is 3. The molecule has 3 aromatic rings. The molecule has 0 spiro atoms. The molecule has 2 N–H and O–H groups in total. The monoisotopic (exact) mass is 283 g/mol. The molecule has 0 amide bonds. The van der Waals surface area contributed by atoms with Crippen molar-refractivity contribution >= 4 is 11.6 Å². The van der Waals surface area contributed by atoms with Crippen molar-refractivity contribution in [3.05, 3.63) is 57.6 Å². The van der Waals surface area contributed by atoms with E-state index in [9.17, 15) is 9.59 Å². The van der Waals surface area contributed by atoms with E-state index in [4.69, 9.17) is 5.11 Å². The number of rotatable bonds is 2. The van der Waals surface area contributed by atoms with Crippen LogP contribution < -0.4 is 5.56 Å². The standard InChI is InChI=1S/C15H13N3O3/c1-8-4-3-5-10(6-8)12-9(2)17-18-13(12)16-7-11(14(18)19)15(20)21/h3-7,17H,1-2H3,(H,20,21). The summed E-state index contributed by atoms with van der Waals surface area (Å²) in [6, 6.07) is 7.83. The van der Waals surface area contributed by atoms with Gasteiger partial charge in [0.25, 0.3) is 5.56 Å². The molecule has 2 heterocycles. The summed E-state index contributed by atoms with van der Waals surface area (Å²) in [4.78, 5) is 27.3. The summed E-state index contributed by atoms with van der Waals surface area (Å²) in [5.74, 6) is -1.29. The number of aromatic amines is 1. The van der Waals surface area contributed by atoms with E-state index < -0.39 is 11.5 Å². The summed E-state index contributed by atoms with van der Waals surface area (Å²) in [6.45, 7) is 3.81. The molecule has 21 heavy (non-hydrogen) atoms. The van der Waals surface area contributed by atoms with Gasteiger partial charge in [0.2, 0.25) is 0 Å². The van der Waals surface area contributed by atoms with Crippen LogP contribution in [0.15, 0.2) is 35.3 Å². The van der Waals surface area contributed by atoms with Crippen LogP contribution in [0.1, 0.15) is 21.6 Å². The Morgan fingerprint density at radius 3 is 2.76 bits per heavy atom. The topological polar surface area (TPSA) is 87.5 Å². The van der Waals surface area contributed by atoms with Crippen LogP contribution in [0.2, 0.25) is 0 Å². The number of benzene rings is 1. The lowest BCUT2D eigenvalue weighted by atomic mass is 10.0. The first-order valence-corrected chi connectivity index (χ1v) is 6.39. The van der Waals surface area contributed by atoms with E-state index in [-0.39, 0.29) is 5.56 Å². The molecule has 0 saturated carbocycles. The van der Waals surface area contributed by atoms with Gasteiger partial charge in [-0.05, 0) is 19.4 Å². The third kappa shape index (κ3) is 2.01. The molecule has 3 rings (SSSR count). The summed E-state index contributed by atoms with van der Waals surface area (Å²) in [5, 5.41) is 11.9. The first-order valence-electron chi connectivity index (χ1n) is 6.39. The van der Waals surface area contributed by atoms with Crippen molar-refractivity contribution in [2.45, 2.75) is 13.8 Å². The molecule has 0 saturated heterocycles. The number of H-pyrrole nitrogens is 1. The smallest absolute Gasteiger partial charge is 0.343 e. The summed E-state index contributed by atoms with van der Waals surface area (Å²) >= 11 is 0. The normalized spacial score (nSPS) is 11.0. The van der Waals surface area contributed by atoms with Crippen molar-refractivity contribution < 1.29 is 9.90 Å². The van der Waals surface area contributed by atoms with E-state index in [2.05, 4.69) is 10.1 Å². The zero-order chi connectivity index (χ0) is 15.1. The van der Waals surface area contributed by atoms with Crippen LogP contribution >= 0.6 is 0 Å². The number of aromatic carboxylic acids is 1. The van der Waals surface area contributed by atoms with E-state index in [1.165, 1.54) is 4.52 Å². The van der Waals surface area contributed by atoms with Crippen LogP contribution in [0.25, 0.3) is 16.8 Å². The minimum absolute atomic E-state index is 0.357. The van der Waals surface area contributed by atoms with Gasteiger partial charge in [-0.3, -0.25) is 9.89 Å². The number of carboxylic acid groups (broad SMARTS) is 1. The van der Waals surface area contributed by atoms with Gasteiger partial charge in [0, 0.05) is 17.5 Å². The van der Waals surface area contributed by atoms with E-state index >= 15 is 0 Å². The predicted molar refractivity (Wildman–Crippen MR) is 77.7 cm³/mol. The highest BCUT2D eigenvalue weighted by atomic mass is 16.4. The largest absolute Gasteiger partial charge is 0.477 e. The lowest BCUT2D eigenvalue weighted by Gasteiger charge is -2.02. The Labute approximate surface area is 119 Å². The Bertz CT molecular complexity index is 922. The van der Waals surface area contributed by atoms with Crippen molar-refractivity contribution in [3.63, 3.8) is 0 Å². The Morgan fingerprint density at radius 2 is 2.10 bits per heavy atom. The average Bonchev–Trinajstić information content (AvgIpc) is 2.76. The number of nitrogens with zero attached hydrogens (tertiary/aromatic N) is 2. The molecule has 0 fully saturated rings. The highest BCUT2D eigenvalue weighted by Gasteiger charge is 2.17. The van der Waals surface area contributed by atoms with Crippen LogP contribution in [0.3, 0.4) is 0 Å². The maximum absolute atomic E-state index is 12.1. The van der Waals surface area contributed by atoms with Gasteiger partial charge in [-0.1, -0.05) is 29.8 Å². The second-order valence-corrected chi connectivity index (χ2v) is 4.92. The van der Waals surface area contributed by atoms with E-state index in [1.807, 2.05) is 38.1 Å². The molecule has 2 aromatic heterocycles. The third-order valence-corrected chi connectivity index (χ3v) is 3.38. The van der Waals surface area contributed by atoms with Crippen LogP contribution in [0.4, 0.5) is 0 Å². The highest BCUT2D eigenvalue weighted by molar-refractivity contribution is 5.88. The fraction of sp³-hybridized carbons (Fsp3) is 0.133. The first-order chi connectivity index (χ1) is 9.99. The van der Waals surface area contributed by atoms with Gasteiger partial charge in [0.1, 0.15) is 5.56 Å². The van der Waals surface area contributed by atoms with Crippen molar-refractivity contribution in [1.82, 2.24) is 14.6 Å². The third-order valence-electron chi connectivity index (χ3n) is 3.38. The molecule has 6 heteroatoms. The predicted octanol–water partition coefficient (Wildman–Crippen LogP) is 2.00. The Balaban J connectivity index is 2.36. The number of fused-ring (bicyclic) bond motifs is 1. The van der Waals surface area contributed by atoms with Crippen LogP contribution in [-0.2, 0) is 0 Å². The van der Waals surface area contributed by atoms with Crippen molar-refractivity contribution in [2.24, 2.45) is 0 Å². The van der Waals surface area contributed by atoms with Crippen LogP contribution in [-0.4, -0.2) is 25.7 Å². The maximum Gasteiger partial charge on any atom is 0.343 e. The molecule has 0 atom stereocenters. The van der Waals surface area contributed by atoms with Crippen molar-refractivity contribution in [3.8, 4) is 11.1 Å². The maximum atomic E-state index is 12.1. The number of carbonyl (C=O) groups is 1. The van der Waals surface area contributed by atoms with Gasteiger partial charge in [0.15, 0.2) is 5.65 Å². The first kappa shape index (κ1) is 13.1. The summed E-state index contributed by atoms with van der Waals surface area (Å²) in [5.41, 5.74) is 3.03. The lowest BCUT2D eigenvalue weighted by molar-refractivity contribution is 0.0694. The molecule has 106 valence electrons. The van der Waals surface area contributed by atoms with Gasteiger partial charge in [-0.2, -0.15) is 0 Å². The number of carboxylic acids is 1. The molecule has 0 bridgehead atoms. The van der Waals surface area contributed by atoms with E-state index in [0.717, 1.165) is 28.6 Å². The highest BCUT2D eigenvalue weighted by Crippen LogP contribution is 2.26. The van der Waals surface area contributed by atoms with Gasteiger partial charge < -0.3 is 5.11 Å². The second-order valence-electron chi connectivity index (χ2n) is 4.92. The van der Waals surface area contributed by atoms with Gasteiger partial charge >= 0.3 is 5.97 Å². The fourth-order valence-electron chi connectivity index (χ4n) is 2.42. The molecule has 6 nitrogen and oxygen atoms in total. The molecular formula is C15H13N3O3. The zero-order valence-electron chi connectivity index (χ0n) is 11.5. The van der Waals surface area contributed by atoms with E-state index in [0.29, 0.717) is 5.65 Å². The fourth-order valence-corrected chi connectivity index (χ4v) is 2.42. The Kier molecular flexibility index (Phi) is 2.86. The molecule has 0 aliphatic rings. The Hall–Kier alpha value is -2.89. The molecule has 0 unspecified atom stereocenters. The minimum Gasteiger partial charge on any atom is -0.477 e. The summed E-state index contributed by atoms with van der Waals surface area (Å²) in [6.07, 6.45) is 1.10. The SMILES string of the molecule is Cc1cccc(-c2c(C)[nH]n3c(=O)c(C(=O)O)cnc23)c1. The summed E-state index contributed by atoms with van der Waals surface area (Å²) < 4.78 is 1.18. The second kappa shape index (κ2) is 4.59. The average molecular weight is 283 g/mol. The lowest BCUT2D eigenvalue weighted by Crippen LogP contribution is -2.22. The van der Waals surface area contributed by atoms with Gasteiger partial charge in [-0.15, -0.1) is 0 Å². The number of nitrogens with one attached hydrogen (secondary N) is 1. The molecule has 0 radical (unpaired) electrons. The van der Waals surface area contributed by atoms with E-state index in [1.54, 1.807) is 0 Å². The van der Waals surface area contributed by atoms with Crippen LogP contribution in [0, 0.1) is 13.8 Å². The van der Waals surface area contributed by atoms with Gasteiger partial charge in [-0.25, -0.2) is 14.3 Å². The van der Waals surface area contributed by atoms with Crippen molar-refractivity contribution in [2.75, 3.05) is 0 Å². The summed E-state index contributed by atoms with van der Waals surface area (Å²) in [7, 11) is 0. The molecule has 0 aliphatic heterocycles. The zero-order valence-corrected chi connectivity index (χ0v) is 11.5. The quantitative estimate of drug-likeness (QED) is 0.753. The minimum atomic E-state index is -1.29. The van der Waals surface area contributed by atoms with Crippen LogP contribution in [0.5, 0.6) is 0 Å². The van der Waals surface area contributed by atoms with Gasteiger partial charge in [0.05, 0.1) is 0 Å². The molecule has 1 aromatic carbocycles. The number of hydrogen-bond donors (Lipinski definition) is 2. The number of hydrogen-bond acceptors (Lipinski definition) is 3. The molecule has 0 aliphatic carbocycles. The molecular weight excluding hydrogens is 270 g/mol. The Morgan fingerprint density at radius 1 is 1.33 bits per heavy atom.